The first-order valence-electron chi connectivity index (χ1n) is 5.47. The van der Waals surface area contributed by atoms with Crippen LogP contribution in [0.15, 0.2) is 24.3 Å². The second-order valence-corrected chi connectivity index (χ2v) is 4.47. The van der Waals surface area contributed by atoms with Crippen LogP contribution in [0.2, 0.25) is 0 Å². The molecule has 0 spiro atoms. The highest BCUT2D eigenvalue weighted by atomic mass is 16.3. The fourth-order valence-corrected chi connectivity index (χ4v) is 1.75. The van der Waals surface area contributed by atoms with Crippen LogP contribution in [-0.4, -0.2) is 19.2 Å². The zero-order valence-corrected chi connectivity index (χ0v) is 10.1. The first-order valence-corrected chi connectivity index (χ1v) is 5.47. The fourth-order valence-electron chi connectivity index (χ4n) is 1.75. The minimum atomic E-state index is -0.695. The van der Waals surface area contributed by atoms with Crippen molar-refractivity contribution in [3.8, 4) is 0 Å². The molecular weight excluding hydrogens is 186 g/mol. The number of hydrogen-bond donors (Lipinski definition) is 1. The van der Waals surface area contributed by atoms with E-state index < -0.39 is 5.60 Å². The van der Waals surface area contributed by atoms with Crippen molar-refractivity contribution < 1.29 is 5.11 Å². The van der Waals surface area contributed by atoms with Crippen molar-refractivity contribution in [1.29, 1.82) is 0 Å². The lowest BCUT2D eigenvalue weighted by molar-refractivity contribution is 0.0470. The Hall–Kier alpha value is -1.02. The minimum absolute atomic E-state index is 0.695. The van der Waals surface area contributed by atoms with Gasteiger partial charge >= 0.3 is 0 Å². The van der Waals surface area contributed by atoms with E-state index in [0.29, 0.717) is 0 Å². The van der Waals surface area contributed by atoms with Crippen LogP contribution in [0.4, 0.5) is 5.69 Å². The molecule has 0 saturated heterocycles. The third-order valence-electron chi connectivity index (χ3n) is 2.74. The molecule has 1 aromatic rings. The Bertz CT molecular complexity index is 301. The lowest BCUT2D eigenvalue weighted by atomic mass is 9.91. The summed E-state index contributed by atoms with van der Waals surface area (Å²) in [6.45, 7) is 3.96. The summed E-state index contributed by atoms with van der Waals surface area (Å²) in [7, 11) is 4.03. The molecule has 0 aromatic heterocycles. The molecule has 0 saturated carbocycles. The monoisotopic (exact) mass is 207 g/mol. The highest BCUT2D eigenvalue weighted by Gasteiger charge is 2.21. The van der Waals surface area contributed by atoms with Gasteiger partial charge in [-0.3, -0.25) is 0 Å². The summed E-state index contributed by atoms with van der Waals surface area (Å²) in [5.74, 6) is 0. The van der Waals surface area contributed by atoms with Crippen molar-refractivity contribution in [2.45, 2.75) is 32.3 Å². The van der Waals surface area contributed by atoms with Gasteiger partial charge in [0, 0.05) is 19.8 Å². The molecule has 2 heteroatoms. The van der Waals surface area contributed by atoms with E-state index in [-0.39, 0.29) is 0 Å². The zero-order chi connectivity index (χ0) is 11.5. The van der Waals surface area contributed by atoms with Gasteiger partial charge in [0.15, 0.2) is 0 Å². The number of rotatable bonds is 4. The Morgan fingerprint density at radius 2 is 1.73 bits per heavy atom. The van der Waals surface area contributed by atoms with E-state index in [1.54, 1.807) is 0 Å². The first-order chi connectivity index (χ1) is 6.97. The van der Waals surface area contributed by atoms with Crippen LogP contribution in [-0.2, 0) is 5.60 Å². The summed E-state index contributed by atoms with van der Waals surface area (Å²) in [5.41, 5.74) is 1.46. The minimum Gasteiger partial charge on any atom is -0.385 e. The Labute approximate surface area is 92.5 Å². The van der Waals surface area contributed by atoms with Crippen LogP contribution >= 0.6 is 0 Å². The van der Waals surface area contributed by atoms with E-state index in [1.807, 2.05) is 45.3 Å². The Kier molecular flexibility index (Phi) is 3.75. The lowest BCUT2D eigenvalue weighted by Gasteiger charge is -2.24. The van der Waals surface area contributed by atoms with Crippen LogP contribution in [0, 0.1) is 0 Å². The lowest BCUT2D eigenvalue weighted by Crippen LogP contribution is -2.20. The van der Waals surface area contributed by atoms with Gasteiger partial charge in [-0.25, -0.2) is 0 Å². The van der Waals surface area contributed by atoms with Gasteiger partial charge in [-0.2, -0.15) is 0 Å². The predicted octanol–water partition coefficient (Wildman–Crippen LogP) is 2.76. The SMILES string of the molecule is CCCC(C)(O)c1ccc(N(C)C)cc1. The molecule has 0 aliphatic rings. The maximum Gasteiger partial charge on any atom is 0.0868 e. The normalized spacial score (nSPS) is 14.7. The van der Waals surface area contributed by atoms with Crippen molar-refractivity contribution in [2.75, 3.05) is 19.0 Å². The van der Waals surface area contributed by atoms with E-state index in [0.717, 1.165) is 24.1 Å². The average molecular weight is 207 g/mol. The van der Waals surface area contributed by atoms with E-state index in [2.05, 4.69) is 11.8 Å². The smallest absolute Gasteiger partial charge is 0.0868 e. The first kappa shape index (κ1) is 12.1. The number of nitrogens with zero attached hydrogens (tertiary/aromatic N) is 1. The molecule has 1 aromatic carbocycles. The number of benzene rings is 1. The predicted molar refractivity (Wildman–Crippen MR) is 65.2 cm³/mol. The van der Waals surface area contributed by atoms with Gasteiger partial charge in [-0.15, -0.1) is 0 Å². The summed E-state index contributed by atoms with van der Waals surface area (Å²) < 4.78 is 0. The van der Waals surface area contributed by atoms with Gasteiger partial charge in [0.25, 0.3) is 0 Å². The molecule has 0 amide bonds. The Morgan fingerprint density at radius 1 is 1.20 bits per heavy atom. The molecule has 0 radical (unpaired) electrons. The van der Waals surface area contributed by atoms with Gasteiger partial charge in [0.05, 0.1) is 5.60 Å². The molecule has 0 fully saturated rings. The van der Waals surface area contributed by atoms with Crippen LogP contribution < -0.4 is 4.90 Å². The van der Waals surface area contributed by atoms with Gasteiger partial charge in [-0.1, -0.05) is 25.5 Å². The molecule has 1 rings (SSSR count). The molecule has 2 nitrogen and oxygen atoms in total. The van der Waals surface area contributed by atoms with Crippen molar-refractivity contribution >= 4 is 5.69 Å². The van der Waals surface area contributed by atoms with Crippen molar-refractivity contribution in [3.05, 3.63) is 29.8 Å². The van der Waals surface area contributed by atoms with E-state index in [1.165, 1.54) is 0 Å². The summed E-state index contributed by atoms with van der Waals surface area (Å²) >= 11 is 0. The largest absolute Gasteiger partial charge is 0.385 e. The molecule has 1 N–H and O–H groups in total. The number of aliphatic hydroxyl groups is 1. The zero-order valence-electron chi connectivity index (χ0n) is 10.1. The molecule has 15 heavy (non-hydrogen) atoms. The summed E-state index contributed by atoms with van der Waals surface area (Å²) in [6.07, 6.45) is 1.79. The summed E-state index contributed by atoms with van der Waals surface area (Å²) in [5, 5.41) is 10.2. The van der Waals surface area contributed by atoms with Crippen LogP contribution in [0.5, 0.6) is 0 Å². The topological polar surface area (TPSA) is 23.5 Å². The third kappa shape index (κ3) is 2.96. The van der Waals surface area contributed by atoms with Crippen LogP contribution in [0.25, 0.3) is 0 Å². The molecule has 0 bridgehead atoms. The maximum atomic E-state index is 10.2. The quantitative estimate of drug-likeness (QED) is 0.820. The summed E-state index contributed by atoms with van der Waals surface area (Å²) in [6, 6.07) is 8.09. The Balaban J connectivity index is 2.88. The highest BCUT2D eigenvalue weighted by Crippen LogP contribution is 2.27. The van der Waals surface area contributed by atoms with Gasteiger partial charge in [-0.05, 0) is 31.0 Å². The fraction of sp³-hybridized carbons (Fsp3) is 0.538. The van der Waals surface area contributed by atoms with Crippen molar-refractivity contribution in [2.24, 2.45) is 0 Å². The maximum absolute atomic E-state index is 10.2. The average Bonchev–Trinajstić information content (AvgIpc) is 2.18. The molecule has 0 aliphatic heterocycles. The second-order valence-electron chi connectivity index (χ2n) is 4.47. The van der Waals surface area contributed by atoms with Gasteiger partial charge in [0.2, 0.25) is 0 Å². The van der Waals surface area contributed by atoms with Crippen molar-refractivity contribution in [1.82, 2.24) is 0 Å². The third-order valence-corrected chi connectivity index (χ3v) is 2.74. The molecular formula is C13H21NO. The number of anilines is 1. The summed E-state index contributed by atoms with van der Waals surface area (Å²) in [4.78, 5) is 2.05. The second kappa shape index (κ2) is 4.67. The standard InChI is InChI=1S/C13H21NO/c1-5-10-13(2,15)11-6-8-12(9-7-11)14(3)4/h6-9,15H,5,10H2,1-4H3. The van der Waals surface area contributed by atoms with Crippen LogP contribution in [0.1, 0.15) is 32.3 Å². The molecule has 0 heterocycles. The van der Waals surface area contributed by atoms with Crippen molar-refractivity contribution in [3.63, 3.8) is 0 Å². The Morgan fingerprint density at radius 3 is 2.13 bits per heavy atom. The van der Waals surface area contributed by atoms with E-state index >= 15 is 0 Å². The molecule has 84 valence electrons. The highest BCUT2D eigenvalue weighted by molar-refractivity contribution is 5.46. The number of hydrogen-bond acceptors (Lipinski definition) is 2. The van der Waals surface area contributed by atoms with Gasteiger partial charge < -0.3 is 10.0 Å². The molecule has 0 aliphatic carbocycles. The van der Waals surface area contributed by atoms with E-state index in [4.69, 9.17) is 0 Å². The van der Waals surface area contributed by atoms with Gasteiger partial charge in [0.1, 0.15) is 0 Å². The molecule has 1 atom stereocenters. The van der Waals surface area contributed by atoms with Crippen LogP contribution in [0.3, 0.4) is 0 Å². The van der Waals surface area contributed by atoms with E-state index in [9.17, 15) is 5.11 Å². The molecule has 1 unspecified atom stereocenters.